The van der Waals surface area contributed by atoms with E-state index in [0.29, 0.717) is 30.6 Å². The van der Waals surface area contributed by atoms with Crippen molar-refractivity contribution in [1.82, 2.24) is 0 Å². The minimum atomic E-state index is -0.836. The van der Waals surface area contributed by atoms with Gasteiger partial charge in [-0.25, -0.2) is 4.79 Å². The number of carbonyl (C=O) groups excluding carboxylic acids is 2. The van der Waals surface area contributed by atoms with Crippen LogP contribution in [0.15, 0.2) is 24.0 Å². The van der Waals surface area contributed by atoms with E-state index >= 15 is 0 Å². The molecule has 1 heterocycles. The molecular weight excluding hydrogens is 236 g/mol. The Kier molecular flexibility index (Phi) is 3.15. The second-order valence-corrected chi connectivity index (χ2v) is 4.47. The van der Waals surface area contributed by atoms with Gasteiger partial charge < -0.3 is 14.2 Å². The fourth-order valence-electron chi connectivity index (χ4n) is 2.69. The van der Waals surface area contributed by atoms with Gasteiger partial charge in [-0.15, -0.1) is 0 Å². The van der Waals surface area contributed by atoms with Crippen molar-refractivity contribution in [2.75, 3.05) is 14.2 Å². The molecule has 0 aromatic heterocycles. The third-order valence-corrected chi connectivity index (χ3v) is 3.60. The maximum absolute atomic E-state index is 12.0. The molecule has 98 valence electrons. The smallest absolute Gasteiger partial charge is 0.337 e. The number of esters is 2. The first-order valence-corrected chi connectivity index (χ1v) is 5.78. The summed E-state index contributed by atoms with van der Waals surface area (Å²) in [4.78, 5) is 23.7. The van der Waals surface area contributed by atoms with Crippen LogP contribution in [0.5, 0.6) is 0 Å². The number of hydrogen-bond acceptors (Lipinski definition) is 5. The average molecular weight is 252 g/mol. The summed E-state index contributed by atoms with van der Waals surface area (Å²) in [6.07, 6.45) is 2.83. The molecule has 1 saturated heterocycles. The summed E-state index contributed by atoms with van der Waals surface area (Å²) in [6, 6.07) is 0. The molecule has 5 nitrogen and oxygen atoms in total. The van der Waals surface area contributed by atoms with E-state index in [1.807, 2.05) is 0 Å². The van der Waals surface area contributed by atoms with Gasteiger partial charge in [-0.3, -0.25) is 4.79 Å². The Morgan fingerprint density at radius 3 is 2.72 bits per heavy atom. The first-order valence-electron chi connectivity index (χ1n) is 5.78. The van der Waals surface area contributed by atoms with Gasteiger partial charge in [-0.2, -0.15) is 0 Å². The van der Waals surface area contributed by atoms with Crippen molar-refractivity contribution in [3.05, 3.63) is 24.0 Å². The summed E-state index contributed by atoms with van der Waals surface area (Å²) in [5, 5.41) is 0. The van der Waals surface area contributed by atoms with Gasteiger partial charge in [0.05, 0.1) is 19.8 Å². The molecule has 5 heteroatoms. The summed E-state index contributed by atoms with van der Waals surface area (Å²) in [7, 11) is 2.65. The average Bonchev–Trinajstić information content (AvgIpc) is 2.92. The van der Waals surface area contributed by atoms with E-state index in [1.54, 1.807) is 6.08 Å². The Balaban J connectivity index is 2.45. The second-order valence-electron chi connectivity index (χ2n) is 4.47. The lowest BCUT2D eigenvalue weighted by Gasteiger charge is -2.19. The standard InChI is InChI=1S/C13H16O5/c1-4-8-7-13(12(15)17-3)6-5-9(10(13)18-8)11(14)16-2/h4,8H,1,5-7H2,2-3H3/t8-,13+/m1/s1. The van der Waals surface area contributed by atoms with E-state index in [1.165, 1.54) is 14.2 Å². The van der Waals surface area contributed by atoms with E-state index in [-0.39, 0.29) is 12.1 Å². The predicted molar refractivity (Wildman–Crippen MR) is 62.4 cm³/mol. The quantitative estimate of drug-likeness (QED) is 0.560. The van der Waals surface area contributed by atoms with Crippen molar-refractivity contribution in [3.8, 4) is 0 Å². The third-order valence-electron chi connectivity index (χ3n) is 3.60. The van der Waals surface area contributed by atoms with Crippen molar-refractivity contribution in [1.29, 1.82) is 0 Å². The highest BCUT2D eigenvalue weighted by atomic mass is 16.5. The molecule has 1 fully saturated rings. The van der Waals surface area contributed by atoms with Crippen molar-refractivity contribution >= 4 is 11.9 Å². The molecule has 1 aliphatic carbocycles. The van der Waals surface area contributed by atoms with Crippen LogP contribution in [0.1, 0.15) is 19.3 Å². The Bertz CT molecular complexity index is 437. The van der Waals surface area contributed by atoms with Gasteiger partial charge in [0.1, 0.15) is 17.3 Å². The molecule has 2 atom stereocenters. The number of carbonyl (C=O) groups is 2. The maximum atomic E-state index is 12.0. The lowest BCUT2D eigenvalue weighted by Crippen LogP contribution is -2.29. The molecule has 0 aromatic carbocycles. The highest BCUT2D eigenvalue weighted by molar-refractivity contribution is 5.93. The zero-order valence-corrected chi connectivity index (χ0v) is 10.5. The minimum absolute atomic E-state index is 0.265. The first kappa shape index (κ1) is 12.7. The fraction of sp³-hybridized carbons (Fsp3) is 0.538. The number of methoxy groups -OCH3 is 2. The molecule has 0 bridgehead atoms. The van der Waals surface area contributed by atoms with E-state index in [0.717, 1.165) is 0 Å². The van der Waals surface area contributed by atoms with Gasteiger partial charge >= 0.3 is 11.9 Å². The van der Waals surface area contributed by atoms with Gasteiger partial charge in [0.2, 0.25) is 0 Å². The van der Waals surface area contributed by atoms with Crippen LogP contribution < -0.4 is 0 Å². The van der Waals surface area contributed by atoms with Crippen LogP contribution >= 0.6 is 0 Å². The Labute approximate surface area is 105 Å². The Hall–Kier alpha value is -1.78. The maximum Gasteiger partial charge on any atom is 0.337 e. The Morgan fingerprint density at radius 1 is 1.44 bits per heavy atom. The summed E-state index contributed by atoms with van der Waals surface area (Å²) in [6.45, 7) is 3.66. The molecule has 0 amide bonds. The van der Waals surface area contributed by atoms with Crippen molar-refractivity contribution in [3.63, 3.8) is 0 Å². The Morgan fingerprint density at radius 2 is 2.17 bits per heavy atom. The normalized spacial score (nSPS) is 29.6. The highest BCUT2D eigenvalue weighted by Gasteiger charge is 2.57. The van der Waals surface area contributed by atoms with Gasteiger partial charge in [-0.05, 0) is 12.8 Å². The predicted octanol–water partition coefficient (Wildman–Crippen LogP) is 1.34. The van der Waals surface area contributed by atoms with Crippen LogP contribution in [-0.4, -0.2) is 32.3 Å². The van der Waals surface area contributed by atoms with E-state index in [4.69, 9.17) is 14.2 Å². The molecule has 18 heavy (non-hydrogen) atoms. The van der Waals surface area contributed by atoms with Crippen LogP contribution in [0.4, 0.5) is 0 Å². The van der Waals surface area contributed by atoms with Crippen LogP contribution in [-0.2, 0) is 23.8 Å². The summed E-state index contributed by atoms with van der Waals surface area (Å²) in [5.41, 5.74) is -0.399. The lowest BCUT2D eigenvalue weighted by molar-refractivity contribution is -0.150. The lowest BCUT2D eigenvalue weighted by atomic mass is 9.82. The molecule has 0 aromatic rings. The van der Waals surface area contributed by atoms with Gasteiger partial charge in [0, 0.05) is 6.42 Å². The second kappa shape index (κ2) is 4.48. The van der Waals surface area contributed by atoms with Crippen LogP contribution in [0.2, 0.25) is 0 Å². The monoisotopic (exact) mass is 252 g/mol. The van der Waals surface area contributed by atoms with Crippen molar-refractivity contribution < 1.29 is 23.8 Å². The molecule has 0 unspecified atom stereocenters. The van der Waals surface area contributed by atoms with Gasteiger partial charge in [-0.1, -0.05) is 12.7 Å². The van der Waals surface area contributed by atoms with Crippen molar-refractivity contribution in [2.45, 2.75) is 25.4 Å². The molecule has 0 spiro atoms. The topological polar surface area (TPSA) is 61.8 Å². The van der Waals surface area contributed by atoms with E-state index in [9.17, 15) is 9.59 Å². The number of fused-ring (bicyclic) bond motifs is 1. The largest absolute Gasteiger partial charge is 0.489 e. The fourth-order valence-corrected chi connectivity index (χ4v) is 2.69. The number of rotatable bonds is 3. The highest BCUT2D eigenvalue weighted by Crippen LogP contribution is 2.53. The van der Waals surface area contributed by atoms with Crippen LogP contribution in [0.25, 0.3) is 0 Å². The molecule has 2 rings (SSSR count). The molecular formula is C13H16O5. The minimum Gasteiger partial charge on any atom is -0.489 e. The van der Waals surface area contributed by atoms with Crippen molar-refractivity contribution in [2.24, 2.45) is 5.41 Å². The SMILES string of the molecule is C=C[C@@H]1C[C@@]2(C(=O)OC)CCC(C(=O)OC)=C2O1. The first-order chi connectivity index (χ1) is 8.58. The molecule has 1 aliphatic heterocycles. The van der Waals surface area contributed by atoms with E-state index in [2.05, 4.69) is 6.58 Å². The molecule has 0 radical (unpaired) electrons. The third kappa shape index (κ3) is 1.62. The van der Waals surface area contributed by atoms with Crippen LogP contribution in [0.3, 0.4) is 0 Å². The summed E-state index contributed by atoms with van der Waals surface area (Å²) in [5.74, 6) is -0.396. The molecule has 0 N–H and O–H groups in total. The molecule has 2 aliphatic rings. The van der Waals surface area contributed by atoms with E-state index < -0.39 is 11.4 Å². The molecule has 0 saturated carbocycles. The van der Waals surface area contributed by atoms with Gasteiger partial charge in [0.25, 0.3) is 0 Å². The zero-order chi connectivity index (χ0) is 13.3. The van der Waals surface area contributed by atoms with Gasteiger partial charge in [0.15, 0.2) is 0 Å². The zero-order valence-electron chi connectivity index (χ0n) is 10.5. The van der Waals surface area contributed by atoms with Crippen LogP contribution in [0, 0.1) is 5.41 Å². The number of ether oxygens (including phenoxy) is 3. The summed E-state index contributed by atoms with van der Waals surface area (Å²) >= 11 is 0. The number of hydrogen-bond donors (Lipinski definition) is 0. The summed E-state index contributed by atoms with van der Waals surface area (Å²) < 4.78 is 15.2.